The van der Waals surface area contributed by atoms with Crippen molar-refractivity contribution in [3.05, 3.63) is 59.1 Å². The smallest absolute Gasteiger partial charge is 0.243 e. The maximum Gasteiger partial charge on any atom is 0.243 e. The molecule has 2 aromatic carbocycles. The van der Waals surface area contributed by atoms with Gasteiger partial charge < -0.3 is 5.32 Å². The van der Waals surface area contributed by atoms with Crippen molar-refractivity contribution < 1.29 is 13.2 Å². The summed E-state index contributed by atoms with van der Waals surface area (Å²) in [6.07, 6.45) is 2.11. The molecule has 1 aliphatic heterocycles. The van der Waals surface area contributed by atoms with Gasteiger partial charge in [-0.3, -0.25) is 4.79 Å². The molecule has 0 saturated carbocycles. The Kier molecular flexibility index (Phi) is 5.56. The lowest BCUT2D eigenvalue weighted by Crippen LogP contribution is -2.49. The number of anilines is 1. The Morgan fingerprint density at radius 2 is 1.72 bits per heavy atom. The lowest BCUT2D eigenvalue weighted by atomic mass is 10.0. The van der Waals surface area contributed by atoms with Gasteiger partial charge in [0.05, 0.1) is 4.90 Å². The van der Waals surface area contributed by atoms with Gasteiger partial charge in [0.2, 0.25) is 15.9 Å². The molecule has 2 aromatic rings. The van der Waals surface area contributed by atoms with Crippen LogP contribution in [0.2, 0.25) is 0 Å². The van der Waals surface area contributed by atoms with Gasteiger partial charge in [0.15, 0.2) is 0 Å². The van der Waals surface area contributed by atoms with Crippen LogP contribution in [0.15, 0.2) is 64.0 Å². The zero-order chi connectivity index (χ0) is 17.9. The minimum absolute atomic E-state index is 0.221. The molecule has 1 fully saturated rings. The monoisotopic (exact) mass is 422 g/mol. The van der Waals surface area contributed by atoms with E-state index in [4.69, 9.17) is 0 Å². The Bertz CT molecular complexity index is 838. The van der Waals surface area contributed by atoms with Gasteiger partial charge in [-0.2, -0.15) is 4.31 Å². The summed E-state index contributed by atoms with van der Waals surface area (Å²) in [6.45, 7) is 0.357. The molecular weight excluding hydrogens is 404 g/mol. The molecule has 7 heteroatoms. The second-order valence-electron chi connectivity index (χ2n) is 5.94. The van der Waals surface area contributed by atoms with Crippen LogP contribution in [0, 0.1) is 0 Å². The summed E-state index contributed by atoms with van der Waals surface area (Å²) in [7, 11) is -3.69. The van der Waals surface area contributed by atoms with Crippen molar-refractivity contribution in [1.82, 2.24) is 4.31 Å². The standard InChI is InChI=1S/C18H19BrN2O3S/c19-14-9-11-15(12-10-14)20-18(22)17-8-4-5-13-21(17)25(23,24)16-6-2-1-3-7-16/h1-3,6-7,9-12,17H,4-5,8,13H2,(H,20,22)/t17-/m1/s1. The van der Waals surface area contributed by atoms with Gasteiger partial charge >= 0.3 is 0 Å². The highest BCUT2D eigenvalue weighted by Gasteiger charge is 2.37. The lowest BCUT2D eigenvalue weighted by Gasteiger charge is -2.33. The Morgan fingerprint density at radius 1 is 1.04 bits per heavy atom. The van der Waals surface area contributed by atoms with Crippen LogP contribution in [0.3, 0.4) is 0 Å². The lowest BCUT2D eigenvalue weighted by molar-refractivity contribution is -0.120. The second-order valence-corrected chi connectivity index (χ2v) is 8.74. The molecule has 0 aromatic heterocycles. The summed E-state index contributed by atoms with van der Waals surface area (Å²) >= 11 is 3.35. The summed E-state index contributed by atoms with van der Waals surface area (Å²) < 4.78 is 28.1. The SMILES string of the molecule is O=C(Nc1ccc(Br)cc1)[C@H]1CCCCN1S(=O)(=O)c1ccccc1. The first-order valence-corrected chi connectivity index (χ1v) is 10.3. The predicted molar refractivity (Wildman–Crippen MR) is 101 cm³/mol. The van der Waals surface area contributed by atoms with Gasteiger partial charge in [0.1, 0.15) is 6.04 Å². The van der Waals surface area contributed by atoms with Gasteiger partial charge in [-0.1, -0.05) is 40.5 Å². The molecule has 132 valence electrons. The van der Waals surface area contributed by atoms with Gasteiger partial charge in [0.25, 0.3) is 0 Å². The van der Waals surface area contributed by atoms with Crippen LogP contribution in [0.25, 0.3) is 0 Å². The van der Waals surface area contributed by atoms with E-state index >= 15 is 0 Å². The number of halogens is 1. The van der Waals surface area contributed by atoms with Crippen LogP contribution >= 0.6 is 15.9 Å². The molecule has 1 aliphatic rings. The van der Waals surface area contributed by atoms with Crippen LogP contribution in [0.4, 0.5) is 5.69 Å². The van der Waals surface area contributed by atoms with Gasteiger partial charge in [-0.15, -0.1) is 0 Å². The summed E-state index contributed by atoms with van der Waals surface area (Å²) in [5, 5.41) is 2.83. The Morgan fingerprint density at radius 3 is 2.40 bits per heavy atom. The highest BCUT2D eigenvalue weighted by atomic mass is 79.9. The fourth-order valence-electron chi connectivity index (χ4n) is 2.94. The molecule has 1 atom stereocenters. The third-order valence-corrected chi connectivity index (χ3v) is 6.67. The Balaban J connectivity index is 1.83. The van der Waals surface area contributed by atoms with E-state index in [1.165, 1.54) is 4.31 Å². The number of amides is 1. The van der Waals surface area contributed by atoms with Crippen LogP contribution in [-0.4, -0.2) is 31.2 Å². The van der Waals surface area contributed by atoms with E-state index in [1.807, 2.05) is 12.1 Å². The number of nitrogens with one attached hydrogen (secondary N) is 1. The molecule has 0 aliphatic carbocycles. The van der Waals surface area contributed by atoms with Crippen LogP contribution < -0.4 is 5.32 Å². The maximum atomic E-state index is 12.9. The number of piperidine rings is 1. The molecule has 0 unspecified atom stereocenters. The highest BCUT2D eigenvalue weighted by Crippen LogP contribution is 2.26. The van der Waals surface area contributed by atoms with Crippen LogP contribution in [-0.2, 0) is 14.8 Å². The van der Waals surface area contributed by atoms with E-state index in [-0.39, 0.29) is 10.8 Å². The minimum Gasteiger partial charge on any atom is -0.325 e. The van der Waals surface area contributed by atoms with Crippen molar-refractivity contribution >= 4 is 37.5 Å². The number of nitrogens with zero attached hydrogens (tertiary/aromatic N) is 1. The molecule has 5 nitrogen and oxygen atoms in total. The van der Waals surface area contributed by atoms with E-state index in [2.05, 4.69) is 21.2 Å². The third kappa shape index (κ3) is 4.11. The van der Waals surface area contributed by atoms with Gasteiger partial charge in [0, 0.05) is 16.7 Å². The fraction of sp³-hybridized carbons (Fsp3) is 0.278. The van der Waals surface area contributed by atoms with E-state index in [1.54, 1.807) is 42.5 Å². The normalized spacial score (nSPS) is 18.7. The Labute approximate surface area is 156 Å². The molecule has 0 spiro atoms. The van der Waals surface area contributed by atoms with Crippen LogP contribution in [0.1, 0.15) is 19.3 Å². The number of hydrogen-bond acceptors (Lipinski definition) is 3. The summed E-state index contributed by atoms with van der Waals surface area (Å²) in [4.78, 5) is 12.9. The average Bonchev–Trinajstić information content (AvgIpc) is 2.64. The van der Waals surface area contributed by atoms with E-state index < -0.39 is 16.1 Å². The van der Waals surface area contributed by atoms with Crippen molar-refractivity contribution in [1.29, 1.82) is 0 Å². The molecule has 1 N–H and O–H groups in total. The molecule has 1 amide bonds. The largest absolute Gasteiger partial charge is 0.325 e. The number of sulfonamides is 1. The zero-order valence-electron chi connectivity index (χ0n) is 13.6. The predicted octanol–water partition coefficient (Wildman–Crippen LogP) is 3.63. The zero-order valence-corrected chi connectivity index (χ0v) is 16.0. The summed E-state index contributed by atoms with van der Waals surface area (Å²) in [6, 6.07) is 14.8. The maximum absolute atomic E-state index is 12.9. The molecule has 0 bridgehead atoms. The van der Waals surface area contributed by atoms with Gasteiger partial charge in [-0.05, 0) is 49.2 Å². The van der Waals surface area contributed by atoms with Crippen molar-refractivity contribution in [2.45, 2.75) is 30.2 Å². The first-order chi connectivity index (χ1) is 12.0. The topological polar surface area (TPSA) is 66.5 Å². The molecular formula is C18H19BrN2O3S. The molecule has 1 heterocycles. The van der Waals surface area contributed by atoms with Crippen LogP contribution in [0.5, 0.6) is 0 Å². The van der Waals surface area contributed by atoms with E-state index in [0.717, 1.165) is 17.3 Å². The van der Waals surface area contributed by atoms with E-state index in [9.17, 15) is 13.2 Å². The van der Waals surface area contributed by atoms with Crippen molar-refractivity contribution in [3.8, 4) is 0 Å². The van der Waals surface area contributed by atoms with Gasteiger partial charge in [-0.25, -0.2) is 8.42 Å². The van der Waals surface area contributed by atoms with Crippen molar-refractivity contribution in [3.63, 3.8) is 0 Å². The summed E-state index contributed by atoms with van der Waals surface area (Å²) in [5.41, 5.74) is 0.649. The molecule has 3 rings (SSSR count). The molecule has 1 saturated heterocycles. The number of carbonyl (C=O) groups is 1. The highest BCUT2D eigenvalue weighted by molar-refractivity contribution is 9.10. The first kappa shape index (κ1) is 18.1. The minimum atomic E-state index is -3.69. The second kappa shape index (κ2) is 7.68. The number of benzene rings is 2. The summed E-state index contributed by atoms with van der Waals surface area (Å²) in [5.74, 6) is -0.290. The molecule has 0 radical (unpaired) electrons. The Hall–Kier alpha value is -1.70. The quantitative estimate of drug-likeness (QED) is 0.817. The van der Waals surface area contributed by atoms with Crippen molar-refractivity contribution in [2.24, 2.45) is 0 Å². The first-order valence-electron chi connectivity index (χ1n) is 8.12. The number of rotatable bonds is 4. The fourth-order valence-corrected chi connectivity index (χ4v) is 4.88. The number of hydrogen-bond donors (Lipinski definition) is 1. The number of carbonyl (C=O) groups excluding carboxylic acids is 1. The average molecular weight is 423 g/mol. The molecule has 25 heavy (non-hydrogen) atoms. The van der Waals surface area contributed by atoms with Crippen molar-refractivity contribution in [2.75, 3.05) is 11.9 Å². The van der Waals surface area contributed by atoms with E-state index in [0.29, 0.717) is 18.7 Å². The third-order valence-electron chi connectivity index (χ3n) is 4.22.